The molecule has 3 rings (SSSR count). The summed E-state index contributed by atoms with van der Waals surface area (Å²) in [6.45, 7) is 0.647. The largest absolute Gasteiger partial charge is 1.00 e. The molecule has 0 aromatic heterocycles. The number of carboxylic acid groups (broad SMARTS) is 1. The van der Waals surface area contributed by atoms with Crippen LogP contribution in [0.3, 0.4) is 0 Å². The van der Waals surface area contributed by atoms with Gasteiger partial charge in [0.15, 0.2) is 5.92 Å². The van der Waals surface area contributed by atoms with Gasteiger partial charge in [0.25, 0.3) is 5.91 Å². The number of amides is 2. The molecule has 1 unspecified atom stereocenters. The van der Waals surface area contributed by atoms with Crippen LogP contribution in [0.1, 0.15) is 18.4 Å². The third-order valence-corrected chi connectivity index (χ3v) is 7.05. The Hall–Kier alpha value is 0.340. The maximum Gasteiger partial charge on any atom is 1.00 e. The van der Waals surface area contributed by atoms with Gasteiger partial charge in [0.1, 0.15) is 18.0 Å². The van der Waals surface area contributed by atoms with E-state index in [2.05, 4.69) is 5.32 Å². The van der Waals surface area contributed by atoms with Crippen LogP contribution in [0, 0.1) is 0 Å². The van der Waals surface area contributed by atoms with Crippen molar-refractivity contribution < 1.29 is 132 Å². The molecule has 1 saturated heterocycles. The standard InChI is InChI=1S/C18H19N2O9PS.3Na/c1-9(21)29-7-11-8-31-17-13(15(23)20(17)16(11)30(26,27)28)19-14(22)12(18(24)25)10-5-3-2-4-6-10;;;/h2-6,12-13,17H,7-8H2,1H3,(H,19,22)(H,24,25)(H2,26,27,28);;;/q;3*+1/p-2/t12?,13-,17-;;;/m1.../s1. The van der Waals surface area contributed by atoms with Crippen LogP contribution in [-0.2, 0) is 28.5 Å². The van der Waals surface area contributed by atoms with E-state index in [1.54, 1.807) is 18.2 Å². The molecule has 2 aliphatic heterocycles. The summed E-state index contributed by atoms with van der Waals surface area (Å²) in [4.78, 5) is 72.2. The first kappa shape index (κ1) is 34.3. The van der Waals surface area contributed by atoms with Crippen molar-refractivity contribution in [2.45, 2.75) is 24.3 Å². The van der Waals surface area contributed by atoms with E-state index in [4.69, 9.17) is 4.74 Å². The number of β-lactam (4-membered cyclic amide) rings is 1. The molecule has 11 nitrogen and oxygen atoms in total. The summed E-state index contributed by atoms with van der Waals surface area (Å²) in [6, 6.07) is 6.48. The summed E-state index contributed by atoms with van der Waals surface area (Å²) in [6.07, 6.45) is 0. The minimum absolute atomic E-state index is 0. The van der Waals surface area contributed by atoms with Gasteiger partial charge in [-0.1, -0.05) is 30.3 Å². The van der Waals surface area contributed by atoms with Crippen LogP contribution < -0.4 is 104 Å². The molecule has 2 amide bonds. The van der Waals surface area contributed by atoms with Crippen LogP contribution in [0.4, 0.5) is 0 Å². The van der Waals surface area contributed by atoms with Crippen LogP contribution in [-0.4, -0.2) is 57.5 Å². The predicted molar refractivity (Wildman–Crippen MR) is 103 cm³/mol. The topological polar surface area (TPSA) is 176 Å². The summed E-state index contributed by atoms with van der Waals surface area (Å²) < 4.78 is 16.6. The molecule has 34 heavy (non-hydrogen) atoms. The number of carbonyl (C=O) groups excluding carboxylic acids is 3. The van der Waals surface area contributed by atoms with Gasteiger partial charge in [-0.15, -0.1) is 11.8 Å². The van der Waals surface area contributed by atoms with Gasteiger partial charge in [0.2, 0.25) is 5.91 Å². The van der Waals surface area contributed by atoms with E-state index in [0.717, 1.165) is 23.6 Å². The van der Waals surface area contributed by atoms with Crippen molar-refractivity contribution in [3.05, 3.63) is 46.9 Å². The molecular formula is C18H17N2Na3O9PS+. The average Bonchev–Trinajstić information content (AvgIpc) is 2.69. The SMILES string of the molecule is CC(=O)OCC1=C(P(=O)([O-])[O-])N2C(=O)[C@@H](NC(=O)C(C(=O)O)c3ccccc3)[C@H]2SC1.[Na+].[Na+].[Na+]. The summed E-state index contributed by atoms with van der Waals surface area (Å²) in [5, 5.41) is 10.9. The van der Waals surface area contributed by atoms with Crippen molar-refractivity contribution in [1.82, 2.24) is 10.2 Å². The molecule has 2 heterocycles. The van der Waals surface area contributed by atoms with E-state index in [1.165, 1.54) is 12.1 Å². The van der Waals surface area contributed by atoms with Gasteiger partial charge in [0.05, 0.1) is 5.44 Å². The Morgan fingerprint density at radius 2 is 1.82 bits per heavy atom. The molecule has 2 aliphatic rings. The number of benzene rings is 1. The van der Waals surface area contributed by atoms with Crippen LogP contribution >= 0.6 is 19.4 Å². The van der Waals surface area contributed by atoms with E-state index in [-0.39, 0.29) is 106 Å². The zero-order valence-corrected chi connectivity index (χ0v) is 26.8. The Bertz CT molecular complexity index is 1020. The van der Waals surface area contributed by atoms with Crippen molar-refractivity contribution in [2.24, 2.45) is 0 Å². The number of carboxylic acids is 1. The molecule has 2 N–H and O–H groups in total. The first-order valence-electron chi connectivity index (χ1n) is 8.93. The van der Waals surface area contributed by atoms with E-state index in [9.17, 15) is 38.6 Å². The number of esters is 1. The fourth-order valence-electron chi connectivity index (χ4n) is 3.32. The van der Waals surface area contributed by atoms with Crippen LogP contribution in [0.25, 0.3) is 0 Å². The number of nitrogens with zero attached hydrogens (tertiary/aromatic N) is 1. The molecule has 0 bridgehead atoms. The van der Waals surface area contributed by atoms with Gasteiger partial charge in [-0.25, -0.2) is 0 Å². The van der Waals surface area contributed by atoms with E-state index >= 15 is 0 Å². The van der Waals surface area contributed by atoms with Crippen molar-refractivity contribution in [1.29, 1.82) is 0 Å². The molecule has 16 heteroatoms. The molecule has 166 valence electrons. The zero-order chi connectivity index (χ0) is 22.9. The number of ether oxygens (including phenoxy) is 1. The monoisotopic (exact) mass is 537 g/mol. The number of carbonyl (C=O) groups is 4. The number of aliphatic carboxylic acids is 1. The molecular weight excluding hydrogens is 520 g/mol. The number of fused-ring (bicyclic) bond motifs is 1. The molecule has 1 aromatic rings. The molecule has 3 atom stereocenters. The third-order valence-electron chi connectivity index (χ3n) is 4.66. The molecule has 1 aromatic carbocycles. The first-order chi connectivity index (χ1) is 14.5. The zero-order valence-electron chi connectivity index (χ0n) is 19.0. The maximum absolute atomic E-state index is 12.6. The van der Waals surface area contributed by atoms with Crippen molar-refractivity contribution in [3.63, 3.8) is 0 Å². The number of hydrogen-bond donors (Lipinski definition) is 2. The quantitative estimate of drug-likeness (QED) is 0.112. The van der Waals surface area contributed by atoms with Gasteiger partial charge in [-0.05, 0) is 13.2 Å². The second-order valence-corrected chi connectivity index (χ2v) is 9.31. The minimum Gasteiger partial charge on any atom is -0.806 e. The fraction of sp³-hybridized carbons (Fsp3) is 0.333. The number of thioether (sulfide) groups is 1. The Morgan fingerprint density at radius 3 is 2.32 bits per heavy atom. The van der Waals surface area contributed by atoms with Gasteiger partial charge < -0.3 is 29.5 Å². The summed E-state index contributed by atoms with van der Waals surface area (Å²) in [7, 11) is -5.41. The molecule has 0 radical (unpaired) electrons. The number of rotatable bonds is 7. The first-order valence-corrected chi connectivity index (χ1v) is 11.5. The van der Waals surface area contributed by atoms with Crippen molar-refractivity contribution >= 4 is 43.1 Å². The molecule has 0 spiro atoms. The third kappa shape index (κ3) is 7.67. The van der Waals surface area contributed by atoms with Crippen molar-refractivity contribution in [3.8, 4) is 0 Å². The predicted octanol–water partition coefficient (Wildman–Crippen LogP) is -10.0. The normalized spacial score (nSPS) is 19.7. The van der Waals surface area contributed by atoms with E-state index in [0.29, 0.717) is 0 Å². The van der Waals surface area contributed by atoms with Gasteiger partial charge >= 0.3 is 101 Å². The second-order valence-electron chi connectivity index (χ2n) is 6.78. The summed E-state index contributed by atoms with van der Waals surface area (Å²) >= 11 is 1.06. The summed E-state index contributed by atoms with van der Waals surface area (Å²) in [5.41, 5.74) is -0.596. The Labute approximate surface area is 265 Å². The van der Waals surface area contributed by atoms with Gasteiger partial charge in [-0.3, -0.25) is 24.1 Å². The van der Waals surface area contributed by atoms with Gasteiger partial charge in [0, 0.05) is 18.2 Å². The Morgan fingerprint density at radius 1 is 1.24 bits per heavy atom. The maximum atomic E-state index is 12.6. The Kier molecular flexibility index (Phi) is 14.5. The van der Waals surface area contributed by atoms with Crippen LogP contribution in [0.5, 0.6) is 0 Å². The number of nitrogens with one attached hydrogen (secondary N) is 1. The average molecular weight is 537 g/mol. The van der Waals surface area contributed by atoms with E-state index in [1.807, 2.05) is 0 Å². The molecule has 0 saturated carbocycles. The van der Waals surface area contributed by atoms with Gasteiger partial charge in [-0.2, -0.15) is 0 Å². The van der Waals surface area contributed by atoms with Crippen LogP contribution in [0.15, 0.2) is 41.3 Å². The summed E-state index contributed by atoms with van der Waals surface area (Å²) in [5.74, 6) is -5.52. The van der Waals surface area contributed by atoms with Crippen LogP contribution in [0.2, 0.25) is 0 Å². The molecule has 0 aliphatic carbocycles. The number of hydrogen-bond acceptors (Lipinski definition) is 9. The second kappa shape index (κ2) is 14.3. The van der Waals surface area contributed by atoms with Crippen molar-refractivity contribution in [2.75, 3.05) is 12.4 Å². The Balaban J connectivity index is 0.00000363. The minimum atomic E-state index is -5.41. The van der Waals surface area contributed by atoms with E-state index < -0.39 is 60.7 Å². The smallest absolute Gasteiger partial charge is 0.806 e. The fourth-order valence-corrected chi connectivity index (χ4v) is 5.85. The molecule has 1 fully saturated rings.